The first-order chi connectivity index (χ1) is 14.2. The van der Waals surface area contributed by atoms with Gasteiger partial charge in [-0.05, 0) is 73.0 Å². The Kier molecular flexibility index (Phi) is 6.74. The van der Waals surface area contributed by atoms with Crippen LogP contribution in [-0.4, -0.2) is 14.3 Å². The second kappa shape index (κ2) is 9.28. The lowest BCUT2D eigenvalue weighted by atomic mass is 10.1. The fourth-order valence-electron chi connectivity index (χ4n) is 2.76. The van der Waals surface area contributed by atoms with Crippen LogP contribution in [0.25, 0.3) is 0 Å². The number of nitrogens with one attached hydrogen (secondary N) is 2. The third-order valence-corrected chi connectivity index (χ3v) is 6.07. The van der Waals surface area contributed by atoms with Gasteiger partial charge < -0.3 is 5.32 Å². The Balaban J connectivity index is 1.70. The Hall–Kier alpha value is -2.90. The zero-order valence-corrected chi connectivity index (χ0v) is 17.7. The molecule has 0 atom stereocenters. The lowest BCUT2D eigenvalue weighted by Crippen LogP contribution is -2.16. The predicted octanol–water partition coefficient (Wildman–Crippen LogP) is 5.16. The van der Waals surface area contributed by atoms with Crippen molar-refractivity contribution in [2.45, 2.75) is 24.7 Å². The van der Waals surface area contributed by atoms with Crippen LogP contribution in [0, 0.1) is 12.7 Å². The number of anilines is 2. The number of carbonyl (C=O) groups excluding carboxylic acids is 1. The summed E-state index contributed by atoms with van der Waals surface area (Å²) in [5.41, 5.74) is 2.37. The summed E-state index contributed by atoms with van der Waals surface area (Å²) in [4.78, 5) is 12.4. The van der Waals surface area contributed by atoms with Gasteiger partial charge in [-0.25, -0.2) is 12.8 Å². The van der Waals surface area contributed by atoms with E-state index in [9.17, 15) is 17.6 Å². The average Bonchev–Trinajstić information content (AvgIpc) is 2.70. The van der Waals surface area contributed by atoms with E-state index in [-0.39, 0.29) is 23.0 Å². The molecule has 0 aliphatic carbocycles. The van der Waals surface area contributed by atoms with Crippen LogP contribution in [0.3, 0.4) is 0 Å². The highest BCUT2D eigenvalue weighted by Crippen LogP contribution is 2.23. The molecule has 8 heteroatoms. The SMILES string of the molecule is Cc1ccc(S(=O)(=O)Nc2ccc(Cl)cc2)cc1NC(=O)CCc1ccc(F)cc1. The van der Waals surface area contributed by atoms with E-state index in [0.717, 1.165) is 11.1 Å². The van der Waals surface area contributed by atoms with Crippen molar-refractivity contribution in [1.82, 2.24) is 0 Å². The molecule has 2 N–H and O–H groups in total. The average molecular weight is 447 g/mol. The van der Waals surface area contributed by atoms with Crippen LogP contribution in [0.5, 0.6) is 0 Å². The standard InChI is InChI=1S/C22H20ClFN2O3S/c1-15-2-12-20(30(28,29)26-19-10-6-17(23)7-11-19)14-21(15)25-22(27)13-5-16-3-8-18(24)9-4-16/h2-4,6-12,14,26H,5,13H2,1H3,(H,25,27). The van der Waals surface area contributed by atoms with E-state index in [2.05, 4.69) is 10.0 Å². The zero-order valence-electron chi connectivity index (χ0n) is 16.2. The number of halogens is 2. The van der Waals surface area contributed by atoms with Gasteiger partial charge in [0.1, 0.15) is 5.82 Å². The number of rotatable bonds is 7. The lowest BCUT2D eigenvalue weighted by molar-refractivity contribution is -0.116. The topological polar surface area (TPSA) is 75.3 Å². The van der Waals surface area contributed by atoms with E-state index >= 15 is 0 Å². The molecule has 3 aromatic rings. The maximum absolute atomic E-state index is 13.0. The second-order valence-corrected chi connectivity index (χ2v) is 8.88. The van der Waals surface area contributed by atoms with E-state index in [4.69, 9.17) is 11.6 Å². The molecule has 5 nitrogen and oxygen atoms in total. The van der Waals surface area contributed by atoms with Crippen LogP contribution in [0.4, 0.5) is 15.8 Å². The first-order valence-corrected chi connectivity index (χ1v) is 11.0. The predicted molar refractivity (Wildman–Crippen MR) is 117 cm³/mol. The van der Waals surface area contributed by atoms with E-state index < -0.39 is 10.0 Å². The number of carbonyl (C=O) groups is 1. The van der Waals surface area contributed by atoms with Gasteiger partial charge in [-0.2, -0.15) is 0 Å². The molecule has 3 rings (SSSR count). The van der Waals surface area contributed by atoms with Gasteiger partial charge in [0.05, 0.1) is 4.90 Å². The minimum Gasteiger partial charge on any atom is -0.326 e. The third-order valence-electron chi connectivity index (χ3n) is 4.44. The Bertz CT molecular complexity index is 1150. The van der Waals surface area contributed by atoms with Gasteiger partial charge in [0.25, 0.3) is 10.0 Å². The number of hydrogen-bond acceptors (Lipinski definition) is 3. The molecule has 0 spiro atoms. The molecule has 0 aliphatic rings. The van der Waals surface area contributed by atoms with Crippen molar-refractivity contribution in [2.75, 3.05) is 10.0 Å². The van der Waals surface area contributed by atoms with Crippen molar-refractivity contribution < 1.29 is 17.6 Å². The van der Waals surface area contributed by atoms with E-state index in [1.54, 1.807) is 49.4 Å². The minimum absolute atomic E-state index is 0.0249. The smallest absolute Gasteiger partial charge is 0.261 e. The number of benzene rings is 3. The molecule has 0 radical (unpaired) electrons. The van der Waals surface area contributed by atoms with Crippen LogP contribution >= 0.6 is 11.6 Å². The summed E-state index contributed by atoms with van der Waals surface area (Å²) in [6.45, 7) is 1.78. The Morgan fingerprint density at radius 2 is 1.67 bits per heavy atom. The molecule has 30 heavy (non-hydrogen) atoms. The summed E-state index contributed by atoms with van der Waals surface area (Å²) in [5.74, 6) is -0.591. The van der Waals surface area contributed by atoms with Gasteiger partial charge >= 0.3 is 0 Å². The van der Waals surface area contributed by atoms with Crippen molar-refractivity contribution >= 4 is 38.9 Å². The van der Waals surface area contributed by atoms with Crippen molar-refractivity contribution in [3.63, 3.8) is 0 Å². The van der Waals surface area contributed by atoms with E-state index in [1.807, 2.05) is 0 Å². The molecule has 0 aromatic heterocycles. The summed E-state index contributed by atoms with van der Waals surface area (Å²) >= 11 is 5.82. The van der Waals surface area contributed by atoms with Gasteiger partial charge in [-0.1, -0.05) is 29.8 Å². The summed E-state index contributed by atoms with van der Waals surface area (Å²) in [7, 11) is -3.84. The molecule has 0 aliphatic heterocycles. The number of sulfonamides is 1. The molecule has 0 saturated carbocycles. The number of hydrogen-bond donors (Lipinski definition) is 2. The van der Waals surface area contributed by atoms with Crippen LogP contribution < -0.4 is 10.0 Å². The van der Waals surface area contributed by atoms with Gasteiger partial charge in [0.15, 0.2) is 0 Å². The van der Waals surface area contributed by atoms with Crippen LogP contribution in [0.1, 0.15) is 17.5 Å². The van der Waals surface area contributed by atoms with Crippen LogP contribution in [0.15, 0.2) is 71.6 Å². The number of aryl methyl sites for hydroxylation is 2. The number of amides is 1. The van der Waals surface area contributed by atoms with Crippen LogP contribution in [-0.2, 0) is 21.2 Å². The van der Waals surface area contributed by atoms with Crippen molar-refractivity contribution in [3.05, 3.63) is 88.7 Å². The molecule has 1 amide bonds. The maximum atomic E-state index is 13.0. The summed E-state index contributed by atoms with van der Waals surface area (Å²) < 4.78 is 40.8. The molecule has 0 bridgehead atoms. The van der Waals surface area contributed by atoms with Crippen LogP contribution in [0.2, 0.25) is 5.02 Å². The summed E-state index contributed by atoms with van der Waals surface area (Å²) in [5, 5.41) is 3.25. The Labute approximate surface area is 179 Å². The normalized spacial score (nSPS) is 11.2. The van der Waals surface area contributed by atoms with Crippen molar-refractivity contribution in [2.24, 2.45) is 0 Å². The Morgan fingerprint density at radius 3 is 2.33 bits per heavy atom. The monoisotopic (exact) mass is 446 g/mol. The van der Waals surface area contributed by atoms with E-state index in [0.29, 0.717) is 22.8 Å². The van der Waals surface area contributed by atoms with Gasteiger partial charge in [0, 0.05) is 22.8 Å². The first-order valence-electron chi connectivity index (χ1n) is 9.16. The Morgan fingerprint density at radius 1 is 1.00 bits per heavy atom. The quantitative estimate of drug-likeness (QED) is 0.526. The molecule has 0 saturated heterocycles. The van der Waals surface area contributed by atoms with Gasteiger partial charge in [0.2, 0.25) is 5.91 Å². The zero-order chi connectivity index (χ0) is 21.7. The fraction of sp³-hybridized carbons (Fsp3) is 0.136. The minimum atomic E-state index is -3.84. The van der Waals surface area contributed by atoms with Crippen molar-refractivity contribution in [1.29, 1.82) is 0 Å². The largest absolute Gasteiger partial charge is 0.326 e. The molecule has 156 valence electrons. The molecular weight excluding hydrogens is 427 g/mol. The van der Waals surface area contributed by atoms with Crippen molar-refractivity contribution in [3.8, 4) is 0 Å². The summed E-state index contributed by atoms with van der Waals surface area (Å²) in [6, 6.07) is 16.8. The highest BCUT2D eigenvalue weighted by molar-refractivity contribution is 7.92. The highest BCUT2D eigenvalue weighted by Gasteiger charge is 2.16. The molecule has 0 fully saturated rings. The fourth-order valence-corrected chi connectivity index (χ4v) is 3.97. The maximum Gasteiger partial charge on any atom is 0.261 e. The first kappa shape index (κ1) is 21.8. The third kappa shape index (κ3) is 5.81. The molecular formula is C22H20ClFN2O3S. The van der Waals surface area contributed by atoms with E-state index in [1.165, 1.54) is 24.3 Å². The highest BCUT2D eigenvalue weighted by atomic mass is 35.5. The molecule has 0 heterocycles. The molecule has 0 unspecified atom stereocenters. The molecule has 3 aromatic carbocycles. The lowest BCUT2D eigenvalue weighted by Gasteiger charge is -2.12. The van der Waals surface area contributed by atoms with Gasteiger partial charge in [-0.3, -0.25) is 9.52 Å². The second-order valence-electron chi connectivity index (χ2n) is 6.76. The van der Waals surface area contributed by atoms with Gasteiger partial charge in [-0.15, -0.1) is 0 Å². The summed E-state index contributed by atoms with van der Waals surface area (Å²) in [6.07, 6.45) is 0.631.